The van der Waals surface area contributed by atoms with Crippen LogP contribution in [0.1, 0.15) is 23.2 Å². The van der Waals surface area contributed by atoms with Gasteiger partial charge in [-0.05, 0) is 12.8 Å². The number of fused-ring (bicyclic) bond motifs is 2. The molecule has 3 N–H and O–H groups in total. The fraction of sp³-hybridized carbons (Fsp3) is 0.545. The molecule has 3 rings (SSSR count). The number of nitrogens with one attached hydrogen (secondary N) is 1. The van der Waals surface area contributed by atoms with Crippen molar-refractivity contribution in [1.29, 1.82) is 0 Å². The van der Waals surface area contributed by atoms with Crippen LogP contribution >= 0.6 is 0 Å². The summed E-state index contributed by atoms with van der Waals surface area (Å²) in [5, 5.41) is 0. The molecular weight excluding hydrogens is 174 g/mol. The molecule has 3 nitrogen and oxygen atoms in total. The summed E-state index contributed by atoms with van der Waals surface area (Å²) in [6.45, 7) is 1.10. The van der Waals surface area contributed by atoms with Crippen molar-refractivity contribution in [2.45, 2.75) is 25.7 Å². The van der Waals surface area contributed by atoms with Crippen LogP contribution in [0.3, 0.4) is 0 Å². The van der Waals surface area contributed by atoms with E-state index in [2.05, 4.69) is 16.9 Å². The number of nitrogens with zero attached hydrogens (tertiary/aromatic N) is 1. The quantitative estimate of drug-likeness (QED) is 0.649. The molecule has 1 aromatic rings. The molecule has 1 aliphatic heterocycles. The average Bonchev–Trinajstić information content (AvgIpc) is 2.75. The van der Waals surface area contributed by atoms with Crippen LogP contribution in [-0.4, -0.2) is 13.6 Å². The van der Waals surface area contributed by atoms with E-state index in [1.54, 1.807) is 0 Å². The molecule has 1 aliphatic carbocycles. The topological polar surface area (TPSA) is 43.4 Å². The number of nitrogens with two attached hydrogens (primary N) is 1. The zero-order chi connectivity index (χ0) is 9.71. The summed E-state index contributed by atoms with van der Waals surface area (Å²) < 4.78 is 0. The van der Waals surface area contributed by atoms with Crippen molar-refractivity contribution in [2.24, 2.45) is 0 Å². The van der Waals surface area contributed by atoms with Gasteiger partial charge >= 0.3 is 0 Å². The lowest BCUT2D eigenvalue weighted by Crippen LogP contribution is -2.24. The molecule has 2 heterocycles. The van der Waals surface area contributed by atoms with E-state index in [1.165, 1.54) is 35.5 Å². The smallest absolute Gasteiger partial charge is 0.279 e. The van der Waals surface area contributed by atoms with Crippen molar-refractivity contribution in [1.82, 2.24) is 0 Å². The SMILES string of the molecule is CN1CCc2c1[nH+]c1c(c2N)CCC1. The molecule has 0 fully saturated rings. The standard InChI is InChI=1S/C11H15N3/c1-14-6-5-8-10(12)7-3-2-4-9(7)13-11(8)14/h2-6H2,1H3,(H2,12,13)/p+1. The lowest BCUT2D eigenvalue weighted by molar-refractivity contribution is -0.375. The van der Waals surface area contributed by atoms with Crippen LogP contribution in [0.2, 0.25) is 0 Å². The summed E-state index contributed by atoms with van der Waals surface area (Å²) in [6, 6.07) is 0. The first-order chi connectivity index (χ1) is 6.77. The van der Waals surface area contributed by atoms with Crippen molar-refractivity contribution in [3.63, 3.8) is 0 Å². The highest BCUT2D eigenvalue weighted by Crippen LogP contribution is 2.34. The van der Waals surface area contributed by atoms with Gasteiger partial charge in [-0.2, -0.15) is 0 Å². The first-order valence-electron chi connectivity index (χ1n) is 5.34. The van der Waals surface area contributed by atoms with Gasteiger partial charge in [0.25, 0.3) is 5.82 Å². The fourth-order valence-electron chi connectivity index (χ4n) is 2.68. The Bertz CT molecular complexity index is 398. The Morgan fingerprint density at radius 1 is 1.21 bits per heavy atom. The number of H-pyrrole nitrogens is 1. The molecule has 0 aromatic carbocycles. The molecule has 2 aliphatic rings. The largest absolute Gasteiger partial charge is 0.398 e. The van der Waals surface area contributed by atoms with Crippen molar-refractivity contribution in [3.8, 4) is 0 Å². The maximum atomic E-state index is 6.20. The van der Waals surface area contributed by atoms with Crippen molar-refractivity contribution >= 4 is 11.5 Å². The minimum absolute atomic E-state index is 1.07. The lowest BCUT2D eigenvalue weighted by atomic mass is 10.1. The van der Waals surface area contributed by atoms with Gasteiger partial charge in [0.2, 0.25) is 0 Å². The van der Waals surface area contributed by atoms with Gasteiger partial charge in [0.1, 0.15) is 5.69 Å². The van der Waals surface area contributed by atoms with Gasteiger partial charge in [0.05, 0.1) is 24.8 Å². The number of likely N-dealkylation sites (N-methyl/N-ethyl adjacent to an activating group) is 1. The number of nitrogen functional groups attached to an aromatic ring is 1. The van der Waals surface area contributed by atoms with Gasteiger partial charge in [-0.1, -0.05) is 0 Å². The van der Waals surface area contributed by atoms with Crippen LogP contribution < -0.4 is 15.6 Å². The molecule has 3 heteroatoms. The number of rotatable bonds is 0. The molecule has 74 valence electrons. The highest BCUT2D eigenvalue weighted by Gasteiger charge is 2.31. The molecular formula is C11H16N3+. The molecule has 0 atom stereocenters. The van der Waals surface area contributed by atoms with Gasteiger partial charge in [-0.3, -0.25) is 4.90 Å². The Morgan fingerprint density at radius 3 is 2.93 bits per heavy atom. The number of aromatic amines is 1. The van der Waals surface area contributed by atoms with Crippen LogP contribution in [0.4, 0.5) is 11.5 Å². The third-order valence-electron chi connectivity index (χ3n) is 3.50. The number of anilines is 2. The maximum absolute atomic E-state index is 6.20. The van der Waals surface area contributed by atoms with Crippen LogP contribution in [-0.2, 0) is 19.3 Å². The first kappa shape index (κ1) is 8.09. The molecule has 0 spiro atoms. The predicted molar refractivity (Wildman–Crippen MR) is 56.4 cm³/mol. The number of aryl methyl sites for hydroxylation is 1. The van der Waals surface area contributed by atoms with Crippen LogP contribution in [0, 0.1) is 0 Å². The molecule has 0 amide bonds. The normalized spacial score (nSPS) is 18.5. The summed E-state index contributed by atoms with van der Waals surface area (Å²) in [7, 11) is 2.13. The van der Waals surface area contributed by atoms with Crippen LogP contribution in [0.15, 0.2) is 0 Å². The Hall–Kier alpha value is -1.25. The zero-order valence-electron chi connectivity index (χ0n) is 8.56. The fourth-order valence-corrected chi connectivity index (χ4v) is 2.68. The first-order valence-corrected chi connectivity index (χ1v) is 5.34. The zero-order valence-corrected chi connectivity index (χ0v) is 8.56. The van der Waals surface area contributed by atoms with Gasteiger partial charge in [-0.15, -0.1) is 0 Å². The summed E-state index contributed by atoms with van der Waals surface area (Å²) >= 11 is 0. The second-order valence-corrected chi connectivity index (χ2v) is 4.35. The van der Waals surface area contributed by atoms with Crippen molar-refractivity contribution in [2.75, 3.05) is 24.2 Å². The minimum atomic E-state index is 1.07. The minimum Gasteiger partial charge on any atom is -0.398 e. The third kappa shape index (κ3) is 0.897. The molecule has 0 radical (unpaired) electrons. The van der Waals surface area contributed by atoms with E-state index in [0.29, 0.717) is 0 Å². The van der Waals surface area contributed by atoms with Gasteiger partial charge in [0.15, 0.2) is 0 Å². The Kier molecular flexibility index (Phi) is 1.52. The van der Waals surface area contributed by atoms with E-state index in [4.69, 9.17) is 5.73 Å². The van der Waals surface area contributed by atoms with E-state index in [0.717, 1.165) is 25.1 Å². The second kappa shape index (κ2) is 2.62. The number of hydrogen-bond acceptors (Lipinski definition) is 2. The summed E-state index contributed by atoms with van der Waals surface area (Å²) in [5.74, 6) is 1.25. The summed E-state index contributed by atoms with van der Waals surface area (Å²) in [5.41, 5.74) is 11.4. The van der Waals surface area contributed by atoms with Crippen LogP contribution in [0.25, 0.3) is 0 Å². The van der Waals surface area contributed by atoms with E-state index in [1.807, 2.05) is 0 Å². The summed E-state index contributed by atoms with van der Waals surface area (Å²) in [4.78, 5) is 5.81. The highest BCUT2D eigenvalue weighted by atomic mass is 15.2. The number of pyridine rings is 1. The third-order valence-corrected chi connectivity index (χ3v) is 3.50. The van der Waals surface area contributed by atoms with E-state index >= 15 is 0 Å². The Balaban J connectivity index is 2.24. The maximum Gasteiger partial charge on any atom is 0.279 e. The van der Waals surface area contributed by atoms with Gasteiger partial charge in [0, 0.05) is 18.4 Å². The average molecular weight is 190 g/mol. The van der Waals surface area contributed by atoms with Gasteiger partial charge < -0.3 is 5.73 Å². The Labute approximate surface area is 83.9 Å². The number of hydrogen-bond donors (Lipinski definition) is 1. The monoisotopic (exact) mass is 190 g/mol. The second-order valence-electron chi connectivity index (χ2n) is 4.35. The molecule has 0 saturated carbocycles. The van der Waals surface area contributed by atoms with Crippen molar-refractivity contribution in [3.05, 3.63) is 16.8 Å². The Morgan fingerprint density at radius 2 is 2.07 bits per heavy atom. The molecule has 0 saturated heterocycles. The predicted octanol–water partition coefficient (Wildman–Crippen LogP) is 0.564. The molecule has 0 unspecified atom stereocenters. The van der Waals surface area contributed by atoms with Gasteiger partial charge in [-0.25, -0.2) is 4.98 Å². The molecule has 14 heavy (non-hydrogen) atoms. The van der Waals surface area contributed by atoms with E-state index < -0.39 is 0 Å². The van der Waals surface area contributed by atoms with Crippen molar-refractivity contribution < 1.29 is 4.98 Å². The summed E-state index contributed by atoms with van der Waals surface area (Å²) in [6.07, 6.45) is 4.68. The highest BCUT2D eigenvalue weighted by molar-refractivity contribution is 5.65. The molecule has 0 bridgehead atoms. The van der Waals surface area contributed by atoms with Crippen LogP contribution in [0.5, 0.6) is 0 Å². The van der Waals surface area contributed by atoms with E-state index in [-0.39, 0.29) is 0 Å². The lowest BCUT2D eigenvalue weighted by Gasteiger charge is -2.07. The number of aromatic nitrogens is 1. The molecule has 1 aromatic heterocycles. The van der Waals surface area contributed by atoms with E-state index in [9.17, 15) is 0 Å².